The molecule has 0 amide bonds. The number of benzene rings is 2. The molecule has 0 fully saturated rings. The van der Waals surface area contributed by atoms with Crippen LogP contribution in [0.3, 0.4) is 0 Å². The van der Waals surface area contributed by atoms with E-state index in [9.17, 15) is 15.0 Å². The van der Waals surface area contributed by atoms with Crippen molar-refractivity contribution in [3.05, 3.63) is 63.8 Å². The van der Waals surface area contributed by atoms with Crippen molar-refractivity contribution in [2.75, 3.05) is 13.2 Å². The molecular formula is C24H29NO4. The Balaban J connectivity index is 1.91. The molecule has 154 valence electrons. The van der Waals surface area contributed by atoms with Gasteiger partial charge in [0, 0.05) is 0 Å². The zero-order valence-electron chi connectivity index (χ0n) is 16.9. The molecule has 0 aliphatic carbocycles. The molecule has 2 aromatic carbocycles. The molecule has 0 atom stereocenters. The maximum Gasteiger partial charge on any atom is 0.200 e. The minimum absolute atomic E-state index is 0.0458. The molecule has 29 heavy (non-hydrogen) atoms. The molecule has 4 N–H and O–H groups in total. The van der Waals surface area contributed by atoms with Gasteiger partial charge in [-0.25, -0.2) is 0 Å². The van der Waals surface area contributed by atoms with E-state index < -0.39 is 5.54 Å². The lowest BCUT2D eigenvalue weighted by molar-refractivity contribution is 0.115. The summed E-state index contributed by atoms with van der Waals surface area (Å²) in [6.07, 6.45) is 8.51. The first-order chi connectivity index (χ1) is 14.0. The van der Waals surface area contributed by atoms with Crippen molar-refractivity contribution < 1.29 is 14.6 Å². The SMILES string of the molecule is CCCCC=Cc1ccc2oc3cc(CCC(N)(CO)CO)ccc3c(=O)c2c1. The summed E-state index contributed by atoms with van der Waals surface area (Å²) >= 11 is 0. The smallest absolute Gasteiger partial charge is 0.200 e. The molecule has 0 unspecified atom stereocenters. The van der Waals surface area contributed by atoms with E-state index >= 15 is 0 Å². The number of unbranched alkanes of at least 4 members (excludes halogenated alkanes) is 2. The molecule has 0 bridgehead atoms. The van der Waals surface area contributed by atoms with Gasteiger partial charge in [-0.05, 0) is 54.7 Å². The number of hydrogen-bond acceptors (Lipinski definition) is 5. The van der Waals surface area contributed by atoms with Crippen LogP contribution in [-0.2, 0) is 6.42 Å². The maximum absolute atomic E-state index is 13.0. The van der Waals surface area contributed by atoms with Gasteiger partial charge in [-0.15, -0.1) is 0 Å². The van der Waals surface area contributed by atoms with Crippen LogP contribution in [0.2, 0.25) is 0 Å². The lowest BCUT2D eigenvalue weighted by Crippen LogP contribution is -2.47. The zero-order valence-corrected chi connectivity index (χ0v) is 16.9. The van der Waals surface area contributed by atoms with Crippen molar-refractivity contribution in [2.45, 2.75) is 44.6 Å². The van der Waals surface area contributed by atoms with E-state index in [4.69, 9.17) is 10.2 Å². The lowest BCUT2D eigenvalue weighted by atomic mass is 9.93. The summed E-state index contributed by atoms with van der Waals surface area (Å²) in [7, 11) is 0. The Labute approximate surface area is 170 Å². The first-order valence-corrected chi connectivity index (χ1v) is 10.2. The summed E-state index contributed by atoms with van der Waals surface area (Å²) in [6, 6.07) is 11.1. The van der Waals surface area contributed by atoms with Crippen LogP contribution in [0.25, 0.3) is 28.0 Å². The van der Waals surface area contributed by atoms with Crippen LogP contribution >= 0.6 is 0 Å². The van der Waals surface area contributed by atoms with E-state index in [1.807, 2.05) is 36.4 Å². The molecule has 3 aromatic rings. The number of nitrogens with two attached hydrogens (primary N) is 1. The van der Waals surface area contributed by atoms with Gasteiger partial charge in [0.2, 0.25) is 5.43 Å². The molecule has 5 nitrogen and oxygen atoms in total. The Bertz CT molecular complexity index is 1060. The summed E-state index contributed by atoms with van der Waals surface area (Å²) in [5.74, 6) is 0. The fraction of sp³-hybridized carbons (Fsp3) is 0.375. The van der Waals surface area contributed by atoms with E-state index in [0.717, 1.165) is 30.4 Å². The molecule has 0 aliphatic rings. The van der Waals surface area contributed by atoms with Crippen LogP contribution in [0.15, 0.2) is 51.7 Å². The Morgan fingerprint density at radius 3 is 2.59 bits per heavy atom. The quantitative estimate of drug-likeness (QED) is 0.379. The minimum Gasteiger partial charge on any atom is -0.456 e. The highest BCUT2D eigenvalue weighted by Gasteiger charge is 2.22. The van der Waals surface area contributed by atoms with Crippen molar-refractivity contribution in [3.8, 4) is 0 Å². The predicted octanol–water partition coefficient (Wildman–Crippen LogP) is 3.76. The second-order valence-corrected chi connectivity index (χ2v) is 7.74. The van der Waals surface area contributed by atoms with Gasteiger partial charge in [-0.2, -0.15) is 0 Å². The average Bonchev–Trinajstić information content (AvgIpc) is 2.75. The van der Waals surface area contributed by atoms with Crippen LogP contribution in [-0.4, -0.2) is 29.0 Å². The van der Waals surface area contributed by atoms with Gasteiger partial charge in [-0.3, -0.25) is 4.79 Å². The third kappa shape index (κ3) is 4.93. The highest BCUT2D eigenvalue weighted by molar-refractivity contribution is 5.90. The van der Waals surface area contributed by atoms with Crippen molar-refractivity contribution in [3.63, 3.8) is 0 Å². The highest BCUT2D eigenvalue weighted by atomic mass is 16.3. The van der Waals surface area contributed by atoms with E-state index in [1.165, 1.54) is 0 Å². The monoisotopic (exact) mass is 395 g/mol. The molecule has 0 spiro atoms. The van der Waals surface area contributed by atoms with Crippen molar-refractivity contribution in [2.24, 2.45) is 5.73 Å². The molecule has 0 aliphatic heterocycles. The van der Waals surface area contributed by atoms with Crippen molar-refractivity contribution in [1.82, 2.24) is 0 Å². The highest BCUT2D eigenvalue weighted by Crippen LogP contribution is 2.22. The van der Waals surface area contributed by atoms with Gasteiger partial charge in [0.25, 0.3) is 0 Å². The predicted molar refractivity (Wildman–Crippen MR) is 118 cm³/mol. The summed E-state index contributed by atoms with van der Waals surface area (Å²) in [5, 5.41) is 19.8. The number of fused-ring (bicyclic) bond motifs is 2. The summed E-state index contributed by atoms with van der Waals surface area (Å²) < 4.78 is 6.00. The van der Waals surface area contributed by atoms with Crippen LogP contribution in [0.4, 0.5) is 0 Å². The van der Waals surface area contributed by atoms with Crippen molar-refractivity contribution in [1.29, 1.82) is 0 Å². The third-order valence-corrected chi connectivity index (χ3v) is 5.33. The van der Waals surface area contributed by atoms with Crippen LogP contribution in [0, 0.1) is 0 Å². The number of allylic oxidation sites excluding steroid dienone is 1. The zero-order chi connectivity index (χ0) is 20.9. The molecular weight excluding hydrogens is 366 g/mol. The lowest BCUT2D eigenvalue weighted by Gasteiger charge is -2.24. The Hall–Kier alpha value is -2.47. The van der Waals surface area contributed by atoms with Crippen LogP contribution < -0.4 is 11.2 Å². The Morgan fingerprint density at radius 2 is 1.86 bits per heavy atom. The van der Waals surface area contributed by atoms with Crippen molar-refractivity contribution >= 4 is 28.0 Å². The molecule has 1 heterocycles. The normalized spacial score (nSPS) is 12.4. The van der Waals surface area contributed by atoms with Gasteiger partial charge in [0.05, 0.1) is 29.5 Å². The third-order valence-electron chi connectivity index (χ3n) is 5.33. The fourth-order valence-corrected chi connectivity index (χ4v) is 3.32. The largest absolute Gasteiger partial charge is 0.456 e. The van der Waals surface area contributed by atoms with Gasteiger partial charge < -0.3 is 20.4 Å². The standard InChI is InChI=1S/C24H29NO4/c1-2-3-4-5-6-17-8-10-21-20(13-17)23(28)19-9-7-18(14-22(19)29-21)11-12-24(25,15-26)16-27/h5-10,13-14,26-27H,2-4,11-12,15-16,25H2,1H3. The van der Waals surface area contributed by atoms with Crippen LogP contribution in [0.5, 0.6) is 0 Å². The molecule has 5 heteroatoms. The second kappa shape index (κ2) is 9.35. The fourth-order valence-electron chi connectivity index (χ4n) is 3.32. The Kier molecular flexibility index (Phi) is 6.85. The molecule has 0 radical (unpaired) electrons. The van der Waals surface area contributed by atoms with E-state index in [-0.39, 0.29) is 18.6 Å². The van der Waals surface area contributed by atoms with E-state index in [0.29, 0.717) is 34.8 Å². The number of hydrogen-bond donors (Lipinski definition) is 3. The first kappa shape index (κ1) is 21.2. The van der Waals surface area contributed by atoms with Gasteiger partial charge in [0.15, 0.2) is 0 Å². The number of aryl methyl sites for hydroxylation is 1. The molecule has 3 rings (SSSR count). The number of rotatable bonds is 9. The minimum atomic E-state index is -1.01. The first-order valence-electron chi connectivity index (χ1n) is 10.2. The maximum atomic E-state index is 13.0. The van der Waals surface area contributed by atoms with E-state index in [2.05, 4.69) is 13.0 Å². The summed E-state index contributed by atoms with van der Waals surface area (Å²) in [5.41, 5.74) is 7.90. The topological polar surface area (TPSA) is 96.7 Å². The average molecular weight is 395 g/mol. The van der Waals surface area contributed by atoms with Crippen LogP contribution in [0.1, 0.15) is 43.7 Å². The van der Waals surface area contributed by atoms with Gasteiger partial charge >= 0.3 is 0 Å². The van der Waals surface area contributed by atoms with E-state index in [1.54, 1.807) is 6.07 Å². The second-order valence-electron chi connectivity index (χ2n) is 7.74. The molecule has 1 aromatic heterocycles. The molecule has 0 saturated heterocycles. The summed E-state index contributed by atoms with van der Waals surface area (Å²) in [4.78, 5) is 13.0. The number of aliphatic hydroxyl groups is 2. The Morgan fingerprint density at radius 1 is 1.07 bits per heavy atom. The number of aliphatic hydroxyl groups excluding tert-OH is 2. The van der Waals surface area contributed by atoms with Gasteiger partial charge in [-0.1, -0.05) is 44.1 Å². The molecule has 0 saturated carbocycles. The van der Waals surface area contributed by atoms with Gasteiger partial charge in [0.1, 0.15) is 11.2 Å². The summed E-state index contributed by atoms with van der Waals surface area (Å²) in [6.45, 7) is 1.59.